The van der Waals surface area contributed by atoms with Gasteiger partial charge in [-0.1, -0.05) is 19.3 Å². The van der Waals surface area contributed by atoms with E-state index in [0.29, 0.717) is 12.1 Å². The second-order valence-electron chi connectivity index (χ2n) is 6.59. The van der Waals surface area contributed by atoms with Gasteiger partial charge in [0, 0.05) is 31.4 Å². The summed E-state index contributed by atoms with van der Waals surface area (Å²) in [6.07, 6.45) is 9.14. The van der Waals surface area contributed by atoms with Gasteiger partial charge in [0.1, 0.15) is 6.33 Å². The Hall–Kier alpha value is -1.53. The third-order valence-electron chi connectivity index (χ3n) is 5.20. The molecule has 1 aliphatic carbocycles. The number of nitrogens with one attached hydrogen (secondary N) is 1. The Labute approximate surface area is 137 Å². The molecule has 23 heavy (non-hydrogen) atoms. The third kappa shape index (κ3) is 3.70. The van der Waals surface area contributed by atoms with Crippen molar-refractivity contribution in [3.8, 4) is 0 Å². The summed E-state index contributed by atoms with van der Waals surface area (Å²) in [6, 6.07) is 0. The molecule has 0 aromatic carbocycles. The van der Waals surface area contributed by atoms with Gasteiger partial charge in [-0.2, -0.15) is 0 Å². The average Bonchev–Trinajstić information content (AvgIpc) is 2.62. The van der Waals surface area contributed by atoms with E-state index in [1.165, 1.54) is 25.6 Å². The third-order valence-corrected chi connectivity index (χ3v) is 5.20. The molecule has 1 N–H and O–H groups in total. The summed E-state index contributed by atoms with van der Waals surface area (Å²) in [5.74, 6) is -0.0682. The molecule has 0 bridgehead atoms. The van der Waals surface area contributed by atoms with Crippen molar-refractivity contribution < 1.29 is 9.53 Å². The molecule has 0 atom stereocenters. The molecule has 1 aromatic rings. The highest BCUT2D eigenvalue weighted by Gasteiger charge is 2.38. The molecule has 0 unspecified atom stereocenters. The smallest absolute Gasteiger partial charge is 0.254 e. The van der Waals surface area contributed by atoms with E-state index in [1.54, 1.807) is 6.20 Å². The normalized spacial score (nSPS) is 21.8. The molecule has 1 saturated heterocycles. The van der Waals surface area contributed by atoms with Gasteiger partial charge >= 0.3 is 0 Å². The van der Waals surface area contributed by atoms with Crippen molar-refractivity contribution in [1.29, 1.82) is 0 Å². The predicted molar refractivity (Wildman–Crippen MR) is 87.3 cm³/mol. The van der Waals surface area contributed by atoms with E-state index in [1.807, 2.05) is 6.92 Å². The van der Waals surface area contributed by atoms with Crippen molar-refractivity contribution in [1.82, 2.24) is 20.2 Å². The molecule has 3 rings (SSSR count). The Bertz CT molecular complexity index is 537. The molecular weight excluding hydrogens is 292 g/mol. The van der Waals surface area contributed by atoms with Gasteiger partial charge in [-0.15, -0.1) is 0 Å². The molecule has 1 amide bonds. The summed E-state index contributed by atoms with van der Waals surface area (Å²) >= 11 is 0. The quantitative estimate of drug-likeness (QED) is 0.912. The second kappa shape index (κ2) is 7.36. The van der Waals surface area contributed by atoms with Gasteiger partial charge in [0.05, 0.1) is 24.5 Å². The lowest BCUT2D eigenvalue weighted by Crippen LogP contribution is -2.59. The molecular formula is C17H26N4O2. The number of hydrogen-bond acceptors (Lipinski definition) is 5. The molecule has 2 heterocycles. The van der Waals surface area contributed by atoms with Crippen molar-refractivity contribution in [2.75, 3.05) is 32.8 Å². The SMILES string of the molecule is Cc1ncncc1C(=O)NCC1(N2CCOCC2)CCCCC1. The minimum Gasteiger partial charge on any atom is -0.379 e. The fraction of sp³-hybridized carbons (Fsp3) is 0.706. The van der Waals surface area contributed by atoms with Crippen LogP contribution >= 0.6 is 0 Å². The molecule has 1 saturated carbocycles. The zero-order chi connectivity index (χ0) is 16.1. The van der Waals surface area contributed by atoms with Crippen LogP contribution in [0.15, 0.2) is 12.5 Å². The molecule has 2 aliphatic rings. The monoisotopic (exact) mass is 318 g/mol. The molecule has 1 aliphatic heterocycles. The highest BCUT2D eigenvalue weighted by Crippen LogP contribution is 2.33. The van der Waals surface area contributed by atoms with Gasteiger partial charge in [0.2, 0.25) is 0 Å². The molecule has 6 nitrogen and oxygen atoms in total. The Morgan fingerprint density at radius 2 is 2.04 bits per heavy atom. The first-order valence-electron chi connectivity index (χ1n) is 8.59. The van der Waals surface area contributed by atoms with Crippen LogP contribution in [-0.2, 0) is 4.74 Å². The van der Waals surface area contributed by atoms with Crippen LogP contribution in [0.25, 0.3) is 0 Å². The number of carbonyl (C=O) groups excluding carboxylic acids is 1. The van der Waals surface area contributed by atoms with E-state index >= 15 is 0 Å². The van der Waals surface area contributed by atoms with Gasteiger partial charge in [-0.3, -0.25) is 9.69 Å². The fourth-order valence-electron chi connectivity index (χ4n) is 3.81. The van der Waals surface area contributed by atoms with E-state index in [0.717, 1.165) is 44.8 Å². The number of carbonyl (C=O) groups is 1. The summed E-state index contributed by atoms with van der Waals surface area (Å²) < 4.78 is 5.50. The molecule has 0 radical (unpaired) electrons. The van der Waals surface area contributed by atoms with Gasteiger partial charge in [0.15, 0.2) is 0 Å². The topological polar surface area (TPSA) is 67.4 Å². The summed E-state index contributed by atoms with van der Waals surface area (Å²) in [6.45, 7) is 6.05. The Kier molecular flexibility index (Phi) is 5.23. The molecule has 2 fully saturated rings. The lowest BCUT2D eigenvalue weighted by atomic mass is 9.79. The zero-order valence-electron chi connectivity index (χ0n) is 13.9. The Balaban J connectivity index is 1.69. The molecule has 1 aromatic heterocycles. The maximum absolute atomic E-state index is 12.5. The first kappa shape index (κ1) is 16.3. The van der Waals surface area contributed by atoms with Crippen molar-refractivity contribution in [3.05, 3.63) is 23.8 Å². The Morgan fingerprint density at radius 3 is 2.74 bits per heavy atom. The molecule has 0 spiro atoms. The first-order valence-corrected chi connectivity index (χ1v) is 8.59. The van der Waals surface area contributed by atoms with Gasteiger partial charge in [0.25, 0.3) is 5.91 Å². The molecule has 126 valence electrons. The largest absolute Gasteiger partial charge is 0.379 e. The van der Waals surface area contributed by atoms with E-state index in [4.69, 9.17) is 4.74 Å². The zero-order valence-corrected chi connectivity index (χ0v) is 13.9. The lowest BCUT2D eigenvalue weighted by Gasteiger charge is -2.48. The number of aryl methyl sites for hydroxylation is 1. The summed E-state index contributed by atoms with van der Waals surface area (Å²) in [5.41, 5.74) is 1.38. The number of aromatic nitrogens is 2. The highest BCUT2D eigenvalue weighted by atomic mass is 16.5. The number of nitrogens with zero attached hydrogens (tertiary/aromatic N) is 3. The van der Waals surface area contributed by atoms with Gasteiger partial charge in [-0.05, 0) is 19.8 Å². The van der Waals surface area contributed by atoms with Crippen LogP contribution in [0, 0.1) is 6.92 Å². The number of amides is 1. The van der Waals surface area contributed by atoms with Crippen LogP contribution in [0.5, 0.6) is 0 Å². The predicted octanol–water partition coefficient (Wildman–Crippen LogP) is 1.55. The van der Waals surface area contributed by atoms with Crippen molar-refractivity contribution in [3.63, 3.8) is 0 Å². The van der Waals surface area contributed by atoms with Crippen LogP contribution in [0.1, 0.15) is 48.2 Å². The lowest BCUT2D eigenvalue weighted by molar-refractivity contribution is -0.0361. The van der Waals surface area contributed by atoms with Gasteiger partial charge < -0.3 is 10.1 Å². The second-order valence-corrected chi connectivity index (χ2v) is 6.59. The maximum atomic E-state index is 12.5. The summed E-state index contributed by atoms with van der Waals surface area (Å²) in [7, 11) is 0. The number of hydrogen-bond donors (Lipinski definition) is 1. The highest BCUT2D eigenvalue weighted by molar-refractivity contribution is 5.94. The van der Waals surface area contributed by atoms with Crippen molar-refractivity contribution in [2.24, 2.45) is 0 Å². The number of ether oxygens (including phenoxy) is 1. The maximum Gasteiger partial charge on any atom is 0.254 e. The van der Waals surface area contributed by atoms with Crippen LogP contribution in [-0.4, -0.2) is 59.2 Å². The van der Waals surface area contributed by atoms with Crippen LogP contribution < -0.4 is 5.32 Å². The summed E-state index contributed by atoms with van der Waals surface area (Å²) in [5, 5.41) is 3.15. The van der Waals surface area contributed by atoms with Crippen molar-refractivity contribution in [2.45, 2.75) is 44.6 Å². The standard InChI is InChI=1S/C17H26N4O2/c1-14-15(11-18-13-20-14)16(22)19-12-17(5-3-2-4-6-17)21-7-9-23-10-8-21/h11,13H,2-10,12H2,1H3,(H,19,22). The van der Waals surface area contributed by atoms with E-state index in [2.05, 4.69) is 20.2 Å². The van der Waals surface area contributed by atoms with Gasteiger partial charge in [-0.25, -0.2) is 9.97 Å². The minimum atomic E-state index is -0.0682. The van der Waals surface area contributed by atoms with E-state index < -0.39 is 0 Å². The van der Waals surface area contributed by atoms with Crippen LogP contribution in [0.4, 0.5) is 0 Å². The van der Waals surface area contributed by atoms with E-state index in [9.17, 15) is 4.79 Å². The average molecular weight is 318 g/mol. The first-order chi connectivity index (χ1) is 11.2. The minimum absolute atomic E-state index is 0.0682. The number of rotatable bonds is 4. The molecule has 6 heteroatoms. The van der Waals surface area contributed by atoms with Crippen LogP contribution in [0.2, 0.25) is 0 Å². The summed E-state index contributed by atoms with van der Waals surface area (Å²) in [4.78, 5) is 23.1. The Morgan fingerprint density at radius 1 is 1.30 bits per heavy atom. The fourth-order valence-corrected chi connectivity index (χ4v) is 3.81. The van der Waals surface area contributed by atoms with Crippen molar-refractivity contribution >= 4 is 5.91 Å². The van der Waals surface area contributed by atoms with E-state index in [-0.39, 0.29) is 11.4 Å². The number of morpholine rings is 1. The van der Waals surface area contributed by atoms with Crippen LogP contribution in [0.3, 0.4) is 0 Å².